The Kier molecular flexibility index (Phi) is 5.98. The Balaban J connectivity index is 1.56. The molecule has 0 radical (unpaired) electrons. The van der Waals surface area contributed by atoms with Crippen LogP contribution in [0, 0.1) is 5.92 Å². The molecule has 104 valence electrons. The number of nitrogens with zero attached hydrogens (tertiary/aromatic N) is 1. The molecule has 2 fully saturated rings. The number of carbonyl (C=O) groups excluding carboxylic acids is 1. The lowest BCUT2D eigenvalue weighted by Gasteiger charge is -2.19. The van der Waals surface area contributed by atoms with E-state index in [1.54, 1.807) is 0 Å². The number of rotatable bonds is 5. The molecule has 0 aromatic rings. The fraction of sp³-hybridized carbons (Fsp3) is 0.933. The van der Waals surface area contributed by atoms with Gasteiger partial charge in [0.2, 0.25) is 5.91 Å². The molecule has 2 rings (SSSR count). The number of likely N-dealkylation sites (tertiary alicyclic amines) is 1. The normalized spacial score (nSPS) is 22.9. The average molecular weight is 252 g/mol. The van der Waals surface area contributed by atoms with Crippen molar-refractivity contribution in [2.75, 3.05) is 26.2 Å². The van der Waals surface area contributed by atoms with E-state index in [0.717, 1.165) is 25.6 Å². The van der Waals surface area contributed by atoms with Gasteiger partial charge in [0.25, 0.3) is 0 Å². The number of nitrogens with one attached hydrogen (secondary N) is 1. The Morgan fingerprint density at radius 2 is 1.67 bits per heavy atom. The van der Waals surface area contributed by atoms with E-state index in [1.165, 1.54) is 57.8 Å². The second kappa shape index (κ2) is 7.78. The fourth-order valence-electron chi connectivity index (χ4n) is 3.27. The van der Waals surface area contributed by atoms with E-state index >= 15 is 0 Å². The second-order valence-electron chi connectivity index (χ2n) is 5.98. The van der Waals surface area contributed by atoms with Gasteiger partial charge < -0.3 is 5.32 Å². The van der Waals surface area contributed by atoms with Crippen molar-refractivity contribution in [2.24, 2.45) is 5.92 Å². The van der Waals surface area contributed by atoms with Crippen molar-refractivity contribution in [1.82, 2.24) is 10.2 Å². The lowest BCUT2D eigenvalue weighted by atomic mass is 10.0. The Hall–Kier alpha value is -0.570. The first-order valence-corrected chi connectivity index (χ1v) is 7.83. The van der Waals surface area contributed by atoms with E-state index in [2.05, 4.69) is 10.2 Å². The Morgan fingerprint density at radius 3 is 2.33 bits per heavy atom. The van der Waals surface area contributed by atoms with Crippen LogP contribution in [0.3, 0.4) is 0 Å². The predicted molar refractivity (Wildman–Crippen MR) is 74.5 cm³/mol. The molecular weight excluding hydrogens is 224 g/mol. The molecule has 3 heteroatoms. The standard InChI is InChI=1S/C15H28N2O/c18-15(13-17-11-5-1-2-6-12-17)16-10-9-14-7-3-4-8-14/h14H,1-13H2,(H,16,18). The molecular formula is C15H28N2O. The number of hydrogen-bond acceptors (Lipinski definition) is 2. The van der Waals surface area contributed by atoms with Crippen molar-refractivity contribution in [3.8, 4) is 0 Å². The zero-order valence-electron chi connectivity index (χ0n) is 11.6. The van der Waals surface area contributed by atoms with Crippen LogP contribution in [0.5, 0.6) is 0 Å². The van der Waals surface area contributed by atoms with Crippen molar-refractivity contribution < 1.29 is 4.79 Å². The summed E-state index contributed by atoms with van der Waals surface area (Å²) in [7, 11) is 0. The molecule has 0 unspecified atom stereocenters. The molecule has 18 heavy (non-hydrogen) atoms. The topological polar surface area (TPSA) is 32.3 Å². The van der Waals surface area contributed by atoms with Crippen LogP contribution in [0.4, 0.5) is 0 Å². The highest BCUT2D eigenvalue weighted by Crippen LogP contribution is 2.26. The Bertz CT molecular complexity index is 241. The molecule has 1 saturated carbocycles. The van der Waals surface area contributed by atoms with E-state index in [9.17, 15) is 4.79 Å². The third-order valence-electron chi connectivity index (χ3n) is 4.42. The molecule has 1 amide bonds. The predicted octanol–water partition coefficient (Wildman–Crippen LogP) is 2.56. The van der Waals surface area contributed by atoms with E-state index in [4.69, 9.17) is 0 Å². The fourth-order valence-corrected chi connectivity index (χ4v) is 3.27. The van der Waals surface area contributed by atoms with Gasteiger partial charge in [0, 0.05) is 6.54 Å². The van der Waals surface area contributed by atoms with Crippen molar-refractivity contribution in [3.63, 3.8) is 0 Å². The van der Waals surface area contributed by atoms with Crippen LogP contribution in [-0.4, -0.2) is 37.0 Å². The first-order valence-electron chi connectivity index (χ1n) is 7.83. The maximum atomic E-state index is 11.8. The molecule has 0 aromatic carbocycles. The summed E-state index contributed by atoms with van der Waals surface area (Å²) in [6, 6.07) is 0. The molecule has 3 nitrogen and oxygen atoms in total. The van der Waals surface area contributed by atoms with Gasteiger partial charge in [-0.1, -0.05) is 38.5 Å². The highest BCUT2D eigenvalue weighted by Gasteiger charge is 2.16. The minimum atomic E-state index is 0.231. The summed E-state index contributed by atoms with van der Waals surface area (Å²) in [4.78, 5) is 14.2. The first kappa shape index (κ1) is 13.9. The van der Waals surface area contributed by atoms with Gasteiger partial charge in [0.05, 0.1) is 6.54 Å². The van der Waals surface area contributed by atoms with E-state index in [1.807, 2.05) is 0 Å². The summed E-state index contributed by atoms with van der Waals surface area (Å²) >= 11 is 0. The number of amides is 1. The summed E-state index contributed by atoms with van der Waals surface area (Å²) in [5.74, 6) is 1.11. The third kappa shape index (κ3) is 4.97. The molecule has 0 spiro atoms. The molecule has 1 heterocycles. The molecule has 2 aliphatic rings. The highest BCUT2D eigenvalue weighted by molar-refractivity contribution is 5.77. The van der Waals surface area contributed by atoms with Gasteiger partial charge in [0.1, 0.15) is 0 Å². The van der Waals surface area contributed by atoms with Gasteiger partial charge in [-0.3, -0.25) is 9.69 Å². The SMILES string of the molecule is O=C(CN1CCCCCC1)NCCC1CCCC1. The maximum absolute atomic E-state index is 11.8. The average Bonchev–Trinajstić information content (AvgIpc) is 2.74. The summed E-state index contributed by atoms with van der Waals surface area (Å²) in [5.41, 5.74) is 0. The summed E-state index contributed by atoms with van der Waals surface area (Å²) in [5, 5.41) is 3.10. The van der Waals surface area contributed by atoms with Gasteiger partial charge in [-0.15, -0.1) is 0 Å². The number of hydrogen-bond donors (Lipinski definition) is 1. The third-order valence-corrected chi connectivity index (χ3v) is 4.42. The van der Waals surface area contributed by atoms with Crippen LogP contribution >= 0.6 is 0 Å². The first-order chi connectivity index (χ1) is 8.84. The van der Waals surface area contributed by atoms with E-state index in [-0.39, 0.29) is 5.91 Å². The number of carbonyl (C=O) groups is 1. The van der Waals surface area contributed by atoms with Crippen LogP contribution in [0.25, 0.3) is 0 Å². The molecule has 1 aliphatic heterocycles. The van der Waals surface area contributed by atoms with Crippen LogP contribution in [0.15, 0.2) is 0 Å². The summed E-state index contributed by atoms with van der Waals surface area (Å²) < 4.78 is 0. The summed E-state index contributed by atoms with van der Waals surface area (Å²) in [6.07, 6.45) is 11.9. The smallest absolute Gasteiger partial charge is 0.234 e. The molecule has 1 saturated heterocycles. The Labute approximate surface area is 111 Å². The second-order valence-corrected chi connectivity index (χ2v) is 5.98. The van der Waals surface area contributed by atoms with Crippen LogP contribution in [0.1, 0.15) is 57.8 Å². The highest BCUT2D eigenvalue weighted by atomic mass is 16.2. The van der Waals surface area contributed by atoms with Crippen LogP contribution < -0.4 is 5.32 Å². The molecule has 0 bridgehead atoms. The van der Waals surface area contributed by atoms with Gasteiger partial charge in [-0.25, -0.2) is 0 Å². The lowest BCUT2D eigenvalue weighted by Crippen LogP contribution is -2.38. The monoisotopic (exact) mass is 252 g/mol. The van der Waals surface area contributed by atoms with Crippen LogP contribution in [0.2, 0.25) is 0 Å². The van der Waals surface area contributed by atoms with Crippen LogP contribution in [-0.2, 0) is 4.79 Å². The molecule has 0 aromatic heterocycles. The van der Waals surface area contributed by atoms with Gasteiger partial charge in [0.15, 0.2) is 0 Å². The lowest BCUT2D eigenvalue weighted by molar-refractivity contribution is -0.122. The molecule has 0 atom stereocenters. The zero-order valence-corrected chi connectivity index (χ0v) is 11.6. The van der Waals surface area contributed by atoms with Gasteiger partial charge in [-0.05, 0) is 38.3 Å². The maximum Gasteiger partial charge on any atom is 0.234 e. The Morgan fingerprint density at radius 1 is 1.00 bits per heavy atom. The molecule has 1 aliphatic carbocycles. The van der Waals surface area contributed by atoms with Gasteiger partial charge >= 0.3 is 0 Å². The quantitative estimate of drug-likeness (QED) is 0.815. The van der Waals surface area contributed by atoms with E-state index < -0.39 is 0 Å². The zero-order chi connectivity index (χ0) is 12.6. The van der Waals surface area contributed by atoms with Gasteiger partial charge in [-0.2, -0.15) is 0 Å². The van der Waals surface area contributed by atoms with Crippen molar-refractivity contribution in [2.45, 2.75) is 57.8 Å². The minimum Gasteiger partial charge on any atom is -0.355 e. The van der Waals surface area contributed by atoms with Crippen molar-refractivity contribution >= 4 is 5.91 Å². The van der Waals surface area contributed by atoms with E-state index in [0.29, 0.717) is 6.54 Å². The molecule has 1 N–H and O–H groups in total. The summed E-state index contributed by atoms with van der Waals surface area (Å²) in [6.45, 7) is 3.72. The van der Waals surface area contributed by atoms with Crippen molar-refractivity contribution in [1.29, 1.82) is 0 Å². The largest absolute Gasteiger partial charge is 0.355 e. The van der Waals surface area contributed by atoms with Crippen molar-refractivity contribution in [3.05, 3.63) is 0 Å². The minimum absolute atomic E-state index is 0.231.